The van der Waals surface area contributed by atoms with Gasteiger partial charge in [0.1, 0.15) is 0 Å². The van der Waals surface area contributed by atoms with E-state index in [1.54, 1.807) is 20.1 Å². The number of halogens is 1. The lowest BCUT2D eigenvalue weighted by Crippen LogP contribution is -2.20. The summed E-state index contributed by atoms with van der Waals surface area (Å²) in [4.78, 5) is 23.2. The Morgan fingerprint density at radius 2 is 1.55 bits per heavy atom. The van der Waals surface area contributed by atoms with Crippen molar-refractivity contribution in [2.75, 3.05) is 20.3 Å². The topological polar surface area (TPSA) is 61.8 Å². The molecule has 0 fully saturated rings. The summed E-state index contributed by atoms with van der Waals surface area (Å²) in [5, 5.41) is 0. The molecule has 2 aromatic rings. The fraction of sp³-hybridized carbons (Fsp3) is 0.280. The van der Waals surface area contributed by atoms with Crippen LogP contribution in [0.15, 0.2) is 66.8 Å². The van der Waals surface area contributed by atoms with Gasteiger partial charge in [-0.05, 0) is 49.1 Å². The van der Waals surface area contributed by atoms with Gasteiger partial charge in [0.15, 0.2) is 11.6 Å². The number of ether oxygens (including phenoxy) is 3. The molecule has 0 aliphatic heterocycles. The van der Waals surface area contributed by atoms with Crippen LogP contribution in [0, 0.1) is 11.7 Å². The molecule has 0 bridgehead atoms. The van der Waals surface area contributed by atoms with Crippen LogP contribution in [0.4, 0.5) is 4.39 Å². The van der Waals surface area contributed by atoms with Crippen molar-refractivity contribution in [2.24, 2.45) is 5.92 Å². The Labute approximate surface area is 182 Å². The Morgan fingerprint density at radius 3 is 2.10 bits per heavy atom. The van der Waals surface area contributed by atoms with Crippen molar-refractivity contribution >= 4 is 11.9 Å². The number of carbonyl (C=O) groups excluding carboxylic acids is 2. The maximum Gasteiger partial charge on any atom is 0.338 e. The van der Waals surface area contributed by atoms with Crippen LogP contribution in [0.2, 0.25) is 0 Å². The van der Waals surface area contributed by atoms with Crippen molar-refractivity contribution in [2.45, 2.75) is 20.3 Å². The largest absolute Gasteiger partial charge is 0.462 e. The number of hydrogen-bond donors (Lipinski definition) is 0. The molecule has 2 rings (SSSR count). The van der Waals surface area contributed by atoms with E-state index < -0.39 is 17.8 Å². The molecule has 0 saturated carbocycles. The lowest BCUT2D eigenvalue weighted by molar-refractivity contribution is -0.140. The number of esters is 2. The first kappa shape index (κ1) is 24.0. The van der Waals surface area contributed by atoms with E-state index in [0.29, 0.717) is 24.2 Å². The molecule has 0 amide bonds. The predicted octanol–water partition coefficient (Wildman–Crippen LogP) is 4.90. The van der Waals surface area contributed by atoms with E-state index in [0.717, 1.165) is 11.1 Å². The predicted molar refractivity (Wildman–Crippen MR) is 117 cm³/mol. The molecule has 0 aliphatic rings. The van der Waals surface area contributed by atoms with E-state index >= 15 is 0 Å². The second kappa shape index (κ2) is 11.2. The molecule has 31 heavy (non-hydrogen) atoms. The van der Waals surface area contributed by atoms with Gasteiger partial charge in [-0.15, -0.1) is 0 Å². The van der Waals surface area contributed by atoms with E-state index in [1.807, 2.05) is 24.3 Å². The number of rotatable bonds is 10. The molecule has 0 heterocycles. The van der Waals surface area contributed by atoms with Gasteiger partial charge in [0.05, 0.1) is 13.2 Å². The molecular weight excluding hydrogens is 399 g/mol. The number of hydrogen-bond acceptors (Lipinski definition) is 5. The van der Waals surface area contributed by atoms with Gasteiger partial charge in [-0.1, -0.05) is 43.5 Å². The van der Waals surface area contributed by atoms with Crippen molar-refractivity contribution in [3.8, 4) is 16.9 Å². The molecule has 0 N–H and O–H groups in total. The highest BCUT2D eigenvalue weighted by Crippen LogP contribution is 2.27. The van der Waals surface area contributed by atoms with Gasteiger partial charge in [-0.2, -0.15) is 0 Å². The summed E-state index contributed by atoms with van der Waals surface area (Å²) in [5.74, 6) is -1.86. The molecule has 5 nitrogen and oxygen atoms in total. The second-order valence-electron chi connectivity index (χ2n) is 7.42. The maximum absolute atomic E-state index is 14.3. The van der Waals surface area contributed by atoms with Crippen LogP contribution in [0.5, 0.6) is 5.75 Å². The van der Waals surface area contributed by atoms with Gasteiger partial charge in [-0.3, -0.25) is 0 Å². The van der Waals surface area contributed by atoms with E-state index in [4.69, 9.17) is 14.2 Å². The molecular formula is C25H27FO5. The number of carbonyl (C=O) groups is 2. The monoisotopic (exact) mass is 426 g/mol. The van der Waals surface area contributed by atoms with Crippen molar-refractivity contribution in [1.29, 1.82) is 0 Å². The number of methoxy groups -OCH3 is 1. The quantitative estimate of drug-likeness (QED) is 0.307. The molecule has 0 aliphatic carbocycles. The first-order valence-corrected chi connectivity index (χ1v) is 9.79. The summed E-state index contributed by atoms with van der Waals surface area (Å²) in [6.07, 6.45) is 0.655. The van der Waals surface area contributed by atoms with Crippen molar-refractivity contribution in [1.82, 2.24) is 0 Å². The van der Waals surface area contributed by atoms with E-state index in [-0.39, 0.29) is 23.8 Å². The summed E-state index contributed by atoms with van der Waals surface area (Å²) < 4.78 is 29.8. The minimum Gasteiger partial charge on any atom is -0.462 e. The van der Waals surface area contributed by atoms with Crippen LogP contribution >= 0.6 is 0 Å². The minimum absolute atomic E-state index is 0.00104. The van der Waals surface area contributed by atoms with Crippen molar-refractivity contribution in [3.63, 3.8) is 0 Å². The average molecular weight is 426 g/mol. The summed E-state index contributed by atoms with van der Waals surface area (Å²) in [6.45, 7) is 10.8. The highest BCUT2D eigenvalue weighted by molar-refractivity contribution is 5.89. The maximum atomic E-state index is 14.3. The molecule has 0 saturated heterocycles. The Balaban J connectivity index is 2.07. The SMILES string of the molecule is C=C(C)C(=O)OCC(COC)Cc1ccc(-c2ccc(OC(=O)C(=C)C)c(F)c2)cc1. The fourth-order valence-corrected chi connectivity index (χ4v) is 2.84. The van der Waals surface area contributed by atoms with E-state index in [1.165, 1.54) is 19.1 Å². The molecule has 0 spiro atoms. The fourth-order valence-electron chi connectivity index (χ4n) is 2.84. The number of benzene rings is 2. The van der Waals surface area contributed by atoms with Gasteiger partial charge in [0, 0.05) is 24.2 Å². The van der Waals surface area contributed by atoms with Crippen LogP contribution in [0.1, 0.15) is 19.4 Å². The third-order valence-corrected chi connectivity index (χ3v) is 4.50. The first-order chi connectivity index (χ1) is 14.7. The zero-order chi connectivity index (χ0) is 23.0. The van der Waals surface area contributed by atoms with Crippen LogP contribution in [0.3, 0.4) is 0 Å². The lowest BCUT2D eigenvalue weighted by Gasteiger charge is -2.16. The Bertz CT molecular complexity index is 962. The zero-order valence-electron chi connectivity index (χ0n) is 18.1. The van der Waals surface area contributed by atoms with Crippen LogP contribution in [-0.4, -0.2) is 32.3 Å². The third-order valence-electron chi connectivity index (χ3n) is 4.50. The summed E-state index contributed by atoms with van der Waals surface area (Å²) in [7, 11) is 1.60. The van der Waals surface area contributed by atoms with Crippen molar-refractivity contribution < 1.29 is 28.2 Å². The van der Waals surface area contributed by atoms with Gasteiger partial charge < -0.3 is 14.2 Å². The highest BCUT2D eigenvalue weighted by Gasteiger charge is 2.15. The third kappa shape index (κ3) is 7.19. The van der Waals surface area contributed by atoms with E-state index in [9.17, 15) is 14.0 Å². The molecule has 0 aromatic heterocycles. The van der Waals surface area contributed by atoms with Crippen molar-refractivity contribution in [3.05, 3.63) is 78.1 Å². The van der Waals surface area contributed by atoms with Crippen LogP contribution in [-0.2, 0) is 25.5 Å². The van der Waals surface area contributed by atoms with Gasteiger partial charge >= 0.3 is 11.9 Å². The van der Waals surface area contributed by atoms with Gasteiger partial charge in [0.25, 0.3) is 0 Å². The standard InChI is InChI=1S/C25H27FO5/c1-16(2)24(27)30-15-19(14-29-5)12-18-6-8-20(9-7-18)21-10-11-23(22(26)13-21)31-25(28)17(3)4/h6-11,13,19H,1,3,12,14-15H2,2,4-5H3. The molecule has 1 atom stereocenters. The first-order valence-electron chi connectivity index (χ1n) is 9.79. The van der Waals surface area contributed by atoms with Gasteiger partial charge in [0.2, 0.25) is 0 Å². The molecule has 2 aromatic carbocycles. The minimum atomic E-state index is -0.671. The average Bonchev–Trinajstić information content (AvgIpc) is 2.73. The molecule has 164 valence electrons. The molecule has 6 heteroatoms. The molecule has 0 radical (unpaired) electrons. The summed E-state index contributed by atoms with van der Waals surface area (Å²) in [6, 6.07) is 12.1. The van der Waals surface area contributed by atoms with Gasteiger partial charge in [-0.25, -0.2) is 14.0 Å². The second-order valence-corrected chi connectivity index (χ2v) is 7.42. The Morgan fingerprint density at radius 1 is 0.935 bits per heavy atom. The van der Waals surface area contributed by atoms with E-state index in [2.05, 4.69) is 13.2 Å². The zero-order valence-corrected chi connectivity index (χ0v) is 18.1. The smallest absolute Gasteiger partial charge is 0.338 e. The highest BCUT2D eigenvalue weighted by atomic mass is 19.1. The summed E-state index contributed by atoms with van der Waals surface area (Å²) in [5.41, 5.74) is 3.05. The molecule has 1 unspecified atom stereocenters. The van der Waals surface area contributed by atoms with Crippen LogP contribution in [0.25, 0.3) is 11.1 Å². The van der Waals surface area contributed by atoms with Crippen LogP contribution < -0.4 is 4.74 Å². The summed E-state index contributed by atoms with van der Waals surface area (Å²) >= 11 is 0. The Kier molecular flexibility index (Phi) is 8.70. The normalized spacial score (nSPS) is 11.5. The lowest BCUT2D eigenvalue weighted by atomic mass is 9.97. The Hall–Kier alpha value is -3.25.